The van der Waals surface area contributed by atoms with Gasteiger partial charge in [0, 0.05) is 10.0 Å². The topological polar surface area (TPSA) is 21.8 Å². The van der Waals surface area contributed by atoms with Crippen molar-refractivity contribution in [1.29, 1.82) is 0 Å². The first-order chi connectivity index (χ1) is 6.96. The number of benzene rings is 1. The molecule has 2 rings (SSSR count). The van der Waals surface area contributed by atoms with Gasteiger partial charge in [-0.25, -0.2) is 0 Å². The van der Waals surface area contributed by atoms with E-state index in [1.807, 2.05) is 0 Å². The van der Waals surface area contributed by atoms with Crippen LogP contribution in [-0.2, 0) is 4.74 Å². The maximum Gasteiger partial charge on any atom is 0.573 e. The predicted octanol–water partition coefficient (Wildman–Crippen LogP) is 3.42. The van der Waals surface area contributed by atoms with Crippen LogP contribution < -0.4 is 4.74 Å². The third kappa shape index (κ3) is 2.85. The molecule has 2 nitrogen and oxygen atoms in total. The fraction of sp³-hybridized carbons (Fsp3) is 0.333. The van der Waals surface area contributed by atoms with Gasteiger partial charge in [-0.15, -0.1) is 13.2 Å². The van der Waals surface area contributed by atoms with Crippen LogP contribution in [0.4, 0.5) is 13.2 Å². The quantitative estimate of drug-likeness (QED) is 0.776. The molecule has 15 heavy (non-hydrogen) atoms. The average Bonchev–Trinajstić information content (AvgIpc) is 2.84. The van der Waals surface area contributed by atoms with Crippen LogP contribution >= 0.6 is 15.9 Å². The lowest BCUT2D eigenvalue weighted by Gasteiger charge is -2.12. The summed E-state index contributed by atoms with van der Waals surface area (Å²) in [7, 11) is 0. The first kappa shape index (κ1) is 10.8. The van der Waals surface area contributed by atoms with E-state index in [9.17, 15) is 13.2 Å². The standard InChI is InChI=1S/C9H6BrF3O2/c10-5-1-2-6(8-4-14-8)7(3-5)15-9(11,12)13/h1-3,8H,4H2/t8-/m0/s1. The summed E-state index contributed by atoms with van der Waals surface area (Å²) in [5.41, 5.74) is 0.426. The molecule has 0 N–H and O–H groups in total. The third-order valence-electron chi connectivity index (χ3n) is 1.88. The van der Waals surface area contributed by atoms with E-state index in [1.54, 1.807) is 12.1 Å². The summed E-state index contributed by atoms with van der Waals surface area (Å²) in [5, 5.41) is 0. The molecule has 1 heterocycles. The minimum absolute atomic E-state index is 0.209. The Morgan fingerprint density at radius 2 is 2.07 bits per heavy atom. The first-order valence-corrected chi connectivity index (χ1v) is 4.92. The summed E-state index contributed by atoms with van der Waals surface area (Å²) in [6, 6.07) is 4.49. The van der Waals surface area contributed by atoms with Crippen LogP contribution in [0.1, 0.15) is 11.7 Å². The van der Waals surface area contributed by atoms with E-state index >= 15 is 0 Å². The van der Waals surface area contributed by atoms with Gasteiger partial charge in [0.25, 0.3) is 0 Å². The van der Waals surface area contributed by atoms with Crippen LogP contribution in [0.25, 0.3) is 0 Å². The molecule has 1 aromatic carbocycles. The molecule has 0 bridgehead atoms. The summed E-state index contributed by atoms with van der Waals surface area (Å²) in [6.07, 6.45) is -4.94. The average molecular weight is 283 g/mol. The Balaban J connectivity index is 2.30. The molecule has 0 aromatic heterocycles. The monoisotopic (exact) mass is 282 g/mol. The normalized spacial score (nSPS) is 20.1. The Kier molecular flexibility index (Phi) is 2.64. The Morgan fingerprint density at radius 3 is 2.60 bits per heavy atom. The molecule has 6 heteroatoms. The minimum atomic E-state index is -4.68. The summed E-state index contributed by atoms with van der Waals surface area (Å²) >= 11 is 3.09. The zero-order valence-corrected chi connectivity index (χ0v) is 8.93. The van der Waals surface area contributed by atoms with E-state index in [4.69, 9.17) is 4.74 Å². The van der Waals surface area contributed by atoms with Gasteiger partial charge >= 0.3 is 6.36 Å². The fourth-order valence-corrected chi connectivity index (χ4v) is 1.56. The van der Waals surface area contributed by atoms with Crippen molar-refractivity contribution in [3.05, 3.63) is 28.2 Å². The molecule has 1 fully saturated rings. The Hall–Kier alpha value is -0.750. The molecule has 0 unspecified atom stereocenters. The van der Waals surface area contributed by atoms with Crippen molar-refractivity contribution in [2.24, 2.45) is 0 Å². The van der Waals surface area contributed by atoms with Crippen LogP contribution in [-0.4, -0.2) is 13.0 Å². The molecule has 82 valence electrons. The van der Waals surface area contributed by atoms with Crippen molar-refractivity contribution in [2.75, 3.05) is 6.61 Å². The van der Waals surface area contributed by atoms with Crippen LogP contribution in [0.5, 0.6) is 5.75 Å². The smallest absolute Gasteiger partial charge is 0.405 e. The summed E-state index contributed by atoms with van der Waals surface area (Å²) in [4.78, 5) is 0. The van der Waals surface area contributed by atoms with Crippen LogP contribution in [0.3, 0.4) is 0 Å². The van der Waals surface area contributed by atoms with E-state index < -0.39 is 6.36 Å². The summed E-state index contributed by atoms with van der Waals surface area (Å²) < 4.78 is 45.5. The van der Waals surface area contributed by atoms with Crippen molar-refractivity contribution in [1.82, 2.24) is 0 Å². The lowest BCUT2D eigenvalue weighted by molar-refractivity contribution is -0.275. The Bertz CT molecular complexity index is 374. The highest BCUT2D eigenvalue weighted by molar-refractivity contribution is 9.10. The van der Waals surface area contributed by atoms with Gasteiger partial charge in [-0.3, -0.25) is 0 Å². The number of epoxide rings is 1. The SMILES string of the molecule is FC(F)(F)Oc1cc(Br)ccc1[C@@H]1CO1. The minimum Gasteiger partial charge on any atom is -0.405 e. The molecule has 0 saturated carbocycles. The number of alkyl halides is 3. The van der Waals surface area contributed by atoms with E-state index in [-0.39, 0.29) is 11.9 Å². The Labute approximate surface area is 92.1 Å². The zero-order chi connectivity index (χ0) is 11.1. The zero-order valence-electron chi connectivity index (χ0n) is 7.34. The van der Waals surface area contributed by atoms with Crippen LogP contribution in [0.15, 0.2) is 22.7 Å². The molecule has 1 aliphatic rings. The van der Waals surface area contributed by atoms with E-state index in [0.29, 0.717) is 16.6 Å². The van der Waals surface area contributed by atoms with Gasteiger partial charge in [0.1, 0.15) is 11.9 Å². The van der Waals surface area contributed by atoms with Gasteiger partial charge in [-0.2, -0.15) is 0 Å². The number of halogens is 4. The van der Waals surface area contributed by atoms with Crippen molar-refractivity contribution < 1.29 is 22.6 Å². The number of hydrogen-bond acceptors (Lipinski definition) is 2. The van der Waals surface area contributed by atoms with E-state index in [0.717, 1.165) is 0 Å². The summed E-state index contributed by atoms with van der Waals surface area (Å²) in [6.45, 7) is 0.440. The molecule has 0 amide bonds. The highest BCUT2D eigenvalue weighted by Gasteiger charge is 2.35. The number of rotatable bonds is 2. The highest BCUT2D eigenvalue weighted by Crippen LogP contribution is 2.39. The Morgan fingerprint density at radius 1 is 1.40 bits per heavy atom. The van der Waals surface area contributed by atoms with Crippen molar-refractivity contribution in [3.63, 3.8) is 0 Å². The second-order valence-electron chi connectivity index (χ2n) is 3.05. The molecule has 0 spiro atoms. The van der Waals surface area contributed by atoms with Gasteiger partial charge in [0.2, 0.25) is 0 Å². The molecule has 1 atom stereocenters. The van der Waals surface area contributed by atoms with Gasteiger partial charge in [0.15, 0.2) is 0 Å². The molecule has 1 aliphatic heterocycles. The van der Waals surface area contributed by atoms with E-state index in [2.05, 4.69) is 20.7 Å². The summed E-state index contributed by atoms with van der Waals surface area (Å²) in [5.74, 6) is -0.209. The third-order valence-corrected chi connectivity index (χ3v) is 2.37. The largest absolute Gasteiger partial charge is 0.573 e. The molecule has 0 radical (unpaired) electrons. The van der Waals surface area contributed by atoms with Gasteiger partial charge in [-0.05, 0) is 12.1 Å². The van der Waals surface area contributed by atoms with Gasteiger partial charge < -0.3 is 9.47 Å². The molecule has 1 saturated heterocycles. The predicted molar refractivity (Wildman–Crippen MR) is 49.5 cm³/mol. The molecular formula is C9H6BrF3O2. The number of ether oxygens (including phenoxy) is 2. The molecule has 1 aromatic rings. The molecule has 0 aliphatic carbocycles. The van der Waals surface area contributed by atoms with Crippen molar-refractivity contribution in [2.45, 2.75) is 12.5 Å². The van der Waals surface area contributed by atoms with Crippen molar-refractivity contribution >= 4 is 15.9 Å². The van der Waals surface area contributed by atoms with Crippen LogP contribution in [0.2, 0.25) is 0 Å². The maximum atomic E-state index is 12.1. The maximum absolute atomic E-state index is 12.1. The second-order valence-corrected chi connectivity index (χ2v) is 3.97. The highest BCUT2D eigenvalue weighted by atomic mass is 79.9. The lowest BCUT2D eigenvalue weighted by atomic mass is 10.1. The second kappa shape index (κ2) is 3.68. The first-order valence-electron chi connectivity index (χ1n) is 4.12. The van der Waals surface area contributed by atoms with Crippen LogP contribution in [0, 0.1) is 0 Å². The van der Waals surface area contributed by atoms with E-state index in [1.165, 1.54) is 6.07 Å². The van der Waals surface area contributed by atoms with Gasteiger partial charge in [-0.1, -0.05) is 22.0 Å². The lowest BCUT2D eigenvalue weighted by Crippen LogP contribution is -2.18. The molecular weight excluding hydrogens is 277 g/mol. The fourth-order valence-electron chi connectivity index (χ4n) is 1.21. The van der Waals surface area contributed by atoms with Crippen molar-refractivity contribution in [3.8, 4) is 5.75 Å². The number of hydrogen-bond donors (Lipinski definition) is 0. The van der Waals surface area contributed by atoms with Gasteiger partial charge in [0.05, 0.1) is 6.61 Å².